The predicted octanol–water partition coefficient (Wildman–Crippen LogP) is 6.35. The lowest BCUT2D eigenvalue weighted by atomic mass is 9.95. The number of nitrogens with two attached hydrogens (primary N) is 1. The smallest absolute Gasteiger partial charge is 0.407 e. The average molecular weight is 495 g/mol. The van der Waals surface area contributed by atoms with Crippen molar-refractivity contribution in [3.63, 3.8) is 0 Å². The minimum Gasteiger partial charge on any atom is -0.444 e. The van der Waals surface area contributed by atoms with Crippen LogP contribution in [0, 0.1) is 6.92 Å². The zero-order valence-electron chi connectivity index (χ0n) is 21.4. The molecule has 4 rings (SSSR count). The van der Waals surface area contributed by atoms with Gasteiger partial charge in [0.2, 0.25) is 0 Å². The van der Waals surface area contributed by atoms with Crippen LogP contribution in [0.15, 0.2) is 40.5 Å². The fourth-order valence-corrected chi connectivity index (χ4v) is 4.74. The number of hydrogen-bond donors (Lipinski definition) is 3. The molecular formula is C27H34N4O3S. The van der Waals surface area contributed by atoms with Crippen LogP contribution in [0.4, 0.5) is 10.6 Å². The van der Waals surface area contributed by atoms with Gasteiger partial charge in [0.25, 0.3) is 5.56 Å². The number of anilines is 1. The van der Waals surface area contributed by atoms with Crippen LogP contribution < -0.4 is 16.6 Å². The van der Waals surface area contributed by atoms with Crippen LogP contribution >= 0.6 is 11.3 Å². The molecule has 7 nitrogen and oxygen atoms in total. The summed E-state index contributed by atoms with van der Waals surface area (Å²) in [6.07, 6.45) is -0.426. The molecule has 0 bridgehead atoms. The molecule has 186 valence electrons. The summed E-state index contributed by atoms with van der Waals surface area (Å²) >= 11 is 1.41. The summed E-state index contributed by atoms with van der Waals surface area (Å²) < 4.78 is 5.98. The Hall–Kier alpha value is -3.39. The first-order valence-corrected chi connectivity index (χ1v) is 12.7. The summed E-state index contributed by atoms with van der Waals surface area (Å²) in [6.45, 7) is 13.9. The Bertz CT molecular complexity index is 1400. The molecule has 4 aromatic rings. The first-order chi connectivity index (χ1) is 16.5. The van der Waals surface area contributed by atoms with E-state index in [4.69, 9.17) is 10.5 Å². The van der Waals surface area contributed by atoms with Crippen LogP contribution in [0.25, 0.3) is 32.1 Å². The Labute approximate surface area is 209 Å². The third-order valence-electron chi connectivity index (χ3n) is 5.51. The van der Waals surface area contributed by atoms with E-state index in [9.17, 15) is 9.59 Å². The molecule has 1 unspecified atom stereocenters. The summed E-state index contributed by atoms with van der Waals surface area (Å²) in [6, 6.07) is 10.0. The van der Waals surface area contributed by atoms with Gasteiger partial charge < -0.3 is 20.8 Å². The van der Waals surface area contributed by atoms with Crippen molar-refractivity contribution in [2.75, 3.05) is 12.3 Å². The number of aromatic nitrogens is 2. The van der Waals surface area contributed by atoms with Crippen molar-refractivity contribution in [3.8, 4) is 11.1 Å². The maximum absolute atomic E-state index is 12.5. The van der Waals surface area contributed by atoms with Crippen molar-refractivity contribution < 1.29 is 9.53 Å². The Morgan fingerprint density at radius 3 is 2.49 bits per heavy atom. The second-order valence-electron chi connectivity index (χ2n) is 9.23. The van der Waals surface area contributed by atoms with Gasteiger partial charge in [-0.05, 0) is 56.2 Å². The highest BCUT2D eigenvalue weighted by atomic mass is 32.1. The summed E-state index contributed by atoms with van der Waals surface area (Å²) in [4.78, 5) is 31.9. The van der Waals surface area contributed by atoms with Crippen molar-refractivity contribution in [1.82, 2.24) is 15.3 Å². The third-order valence-corrected chi connectivity index (χ3v) is 6.42. The molecule has 0 radical (unpaired) electrons. The molecular weight excluding hydrogens is 460 g/mol. The molecule has 0 aliphatic heterocycles. The molecule has 1 amide bonds. The SMILES string of the molecule is CC.Cc1nc(N)c(-c2ccc(C(C)CNC(=O)OC(C)(C)C)cc2)c2c1[nH]c(=O)c1sccc12. The lowest BCUT2D eigenvalue weighted by Crippen LogP contribution is -2.34. The highest BCUT2D eigenvalue weighted by Crippen LogP contribution is 2.38. The number of carbonyl (C=O) groups is 1. The molecule has 35 heavy (non-hydrogen) atoms. The van der Waals surface area contributed by atoms with Gasteiger partial charge in [0.05, 0.1) is 11.2 Å². The highest BCUT2D eigenvalue weighted by Gasteiger charge is 2.19. The Morgan fingerprint density at radius 1 is 1.20 bits per heavy atom. The molecule has 4 N–H and O–H groups in total. The largest absolute Gasteiger partial charge is 0.444 e. The van der Waals surface area contributed by atoms with Crippen LogP contribution in [-0.4, -0.2) is 28.2 Å². The number of nitrogen functional groups attached to an aromatic ring is 1. The van der Waals surface area contributed by atoms with Crippen LogP contribution in [0.1, 0.15) is 58.7 Å². The third kappa shape index (κ3) is 5.65. The van der Waals surface area contributed by atoms with Gasteiger partial charge in [-0.15, -0.1) is 11.3 Å². The Morgan fingerprint density at radius 2 is 1.86 bits per heavy atom. The molecule has 1 aromatic carbocycles. The van der Waals surface area contributed by atoms with Gasteiger partial charge in [-0.25, -0.2) is 9.78 Å². The van der Waals surface area contributed by atoms with E-state index < -0.39 is 11.7 Å². The van der Waals surface area contributed by atoms with Gasteiger partial charge in [-0.2, -0.15) is 0 Å². The second kappa shape index (κ2) is 10.5. The zero-order valence-corrected chi connectivity index (χ0v) is 22.2. The fourth-order valence-electron chi connectivity index (χ4n) is 3.94. The van der Waals surface area contributed by atoms with Gasteiger partial charge in [-0.3, -0.25) is 4.79 Å². The number of H-pyrrole nitrogens is 1. The number of nitrogens with zero attached hydrogens (tertiary/aromatic N) is 1. The first kappa shape index (κ1) is 26.2. The van der Waals surface area contributed by atoms with Crippen LogP contribution in [0.2, 0.25) is 0 Å². The fraction of sp³-hybridized carbons (Fsp3) is 0.370. The number of carbonyl (C=O) groups excluding carboxylic acids is 1. The van der Waals surface area contributed by atoms with Gasteiger partial charge in [0.15, 0.2) is 0 Å². The highest BCUT2D eigenvalue weighted by molar-refractivity contribution is 7.17. The Balaban J connectivity index is 0.00000167. The molecule has 0 saturated carbocycles. The molecule has 3 heterocycles. The molecule has 3 aromatic heterocycles. The van der Waals surface area contributed by atoms with E-state index in [1.807, 2.05) is 84.2 Å². The number of benzene rings is 1. The van der Waals surface area contributed by atoms with E-state index in [0.717, 1.165) is 27.5 Å². The second-order valence-corrected chi connectivity index (χ2v) is 10.1. The summed E-state index contributed by atoms with van der Waals surface area (Å²) in [5.74, 6) is 0.517. The number of alkyl carbamates (subject to hydrolysis) is 1. The van der Waals surface area contributed by atoms with Crippen LogP contribution in [0.3, 0.4) is 0 Å². The average Bonchev–Trinajstić information content (AvgIpc) is 3.30. The first-order valence-electron chi connectivity index (χ1n) is 11.8. The van der Waals surface area contributed by atoms with Crippen molar-refractivity contribution in [1.29, 1.82) is 0 Å². The molecule has 1 atom stereocenters. The zero-order chi connectivity index (χ0) is 25.9. The summed E-state index contributed by atoms with van der Waals surface area (Å²) in [5.41, 5.74) is 9.93. The maximum atomic E-state index is 12.5. The minimum atomic E-state index is -0.530. The van der Waals surface area contributed by atoms with E-state index in [1.165, 1.54) is 11.3 Å². The predicted molar refractivity (Wildman–Crippen MR) is 146 cm³/mol. The number of pyridine rings is 2. The monoisotopic (exact) mass is 494 g/mol. The number of nitrogens with one attached hydrogen (secondary N) is 2. The number of aromatic amines is 1. The minimum absolute atomic E-state index is 0.0942. The van der Waals surface area contributed by atoms with E-state index in [1.54, 1.807) is 0 Å². The number of thiophene rings is 1. The number of hydrogen-bond acceptors (Lipinski definition) is 6. The molecule has 8 heteroatoms. The van der Waals surface area contributed by atoms with E-state index in [2.05, 4.69) is 15.3 Å². The topological polar surface area (TPSA) is 110 Å². The van der Waals surface area contributed by atoms with Gasteiger partial charge >= 0.3 is 6.09 Å². The van der Waals surface area contributed by atoms with Gasteiger partial charge in [-0.1, -0.05) is 45.0 Å². The number of ether oxygens (including phenoxy) is 1. The van der Waals surface area contributed by atoms with Crippen molar-refractivity contribution in [2.24, 2.45) is 0 Å². The number of rotatable bonds is 4. The summed E-state index contributed by atoms with van der Waals surface area (Å²) in [7, 11) is 0. The maximum Gasteiger partial charge on any atom is 0.407 e. The van der Waals surface area contributed by atoms with E-state index >= 15 is 0 Å². The quantitative estimate of drug-likeness (QED) is 0.306. The number of fused-ring (bicyclic) bond motifs is 3. The lowest BCUT2D eigenvalue weighted by Gasteiger charge is -2.21. The van der Waals surface area contributed by atoms with E-state index in [0.29, 0.717) is 28.3 Å². The molecule has 0 aliphatic rings. The number of amides is 1. The molecule has 0 saturated heterocycles. The Kier molecular flexibility index (Phi) is 7.85. The standard InChI is InChI=1S/C25H28N4O3S.C2H6/c1-13(12-27-24(31)32-25(3,4)5)15-6-8-16(9-7-15)18-19-17-10-11-33-21(17)23(30)29-20(19)14(2)28-22(18)26;1-2/h6-11,13H,12H2,1-5H3,(H2,26,28)(H,27,31)(H,29,30);1-2H3. The normalized spacial score (nSPS) is 12.2. The van der Waals surface area contributed by atoms with Gasteiger partial charge in [0.1, 0.15) is 16.1 Å². The lowest BCUT2D eigenvalue weighted by molar-refractivity contribution is 0.0525. The van der Waals surface area contributed by atoms with Crippen LogP contribution in [0.5, 0.6) is 0 Å². The number of aryl methyl sites for hydroxylation is 1. The summed E-state index contributed by atoms with van der Waals surface area (Å²) in [5, 5.41) is 6.52. The van der Waals surface area contributed by atoms with Crippen molar-refractivity contribution in [3.05, 3.63) is 57.3 Å². The molecule has 0 spiro atoms. The van der Waals surface area contributed by atoms with Gasteiger partial charge in [0, 0.05) is 22.9 Å². The van der Waals surface area contributed by atoms with E-state index in [-0.39, 0.29) is 11.5 Å². The van der Waals surface area contributed by atoms with Crippen molar-refractivity contribution in [2.45, 2.75) is 60.0 Å². The van der Waals surface area contributed by atoms with Crippen LogP contribution in [-0.2, 0) is 4.74 Å². The molecule has 0 aliphatic carbocycles. The van der Waals surface area contributed by atoms with Crippen molar-refractivity contribution >= 4 is 44.2 Å². The molecule has 0 fully saturated rings.